The Morgan fingerprint density at radius 1 is 1.31 bits per heavy atom. The van der Waals surface area contributed by atoms with E-state index in [1.54, 1.807) is 6.08 Å². The van der Waals surface area contributed by atoms with Gasteiger partial charge in [0, 0.05) is 0 Å². The van der Waals surface area contributed by atoms with Gasteiger partial charge in [0.15, 0.2) is 0 Å². The van der Waals surface area contributed by atoms with Crippen LogP contribution < -0.4 is 5.32 Å². The molecule has 1 aliphatic rings. The average Bonchev–Trinajstić information content (AvgIpc) is 2.19. The molecule has 1 aliphatic heterocycles. The molecule has 0 amide bonds. The van der Waals surface area contributed by atoms with Crippen molar-refractivity contribution >= 4 is 0 Å². The van der Waals surface area contributed by atoms with Crippen LogP contribution in [0.25, 0.3) is 0 Å². The summed E-state index contributed by atoms with van der Waals surface area (Å²) < 4.78 is 0. The van der Waals surface area contributed by atoms with Crippen molar-refractivity contribution in [3.05, 3.63) is 37.0 Å². The standard InChI is InChI=1S/C12H19N/c1-2-3-4-5-6-8-12-9-7-10-13-11-12/h2-6,12-13H,1,7-11H2/b4-3-,6-5-. The molecule has 0 aromatic rings. The highest BCUT2D eigenvalue weighted by Crippen LogP contribution is 2.13. The molecule has 1 nitrogen and oxygen atoms in total. The largest absolute Gasteiger partial charge is 0.316 e. The molecule has 0 aromatic carbocycles. The van der Waals surface area contributed by atoms with Crippen molar-refractivity contribution in [1.29, 1.82) is 0 Å². The van der Waals surface area contributed by atoms with Crippen LogP contribution in [0, 0.1) is 5.92 Å². The first-order chi connectivity index (χ1) is 6.43. The molecular weight excluding hydrogens is 158 g/mol. The summed E-state index contributed by atoms with van der Waals surface area (Å²) >= 11 is 0. The zero-order chi connectivity index (χ0) is 9.36. The number of rotatable bonds is 4. The highest BCUT2D eigenvalue weighted by Gasteiger charge is 2.09. The van der Waals surface area contributed by atoms with E-state index in [1.165, 1.54) is 32.4 Å². The summed E-state index contributed by atoms with van der Waals surface area (Å²) in [5.41, 5.74) is 0. The summed E-state index contributed by atoms with van der Waals surface area (Å²) in [7, 11) is 0. The molecule has 1 rings (SSSR count). The van der Waals surface area contributed by atoms with Crippen molar-refractivity contribution in [1.82, 2.24) is 5.32 Å². The smallest absolute Gasteiger partial charge is 0.00175 e. The normalized spacial score (nSPS) is 24.2. The number of piperidine rings is 1. The molecule has 1 unspecified atom stereocenters. The molecule has 1 heteroatoms. The second-order valence-corrected chi connectivity index (χ2v) is 3.50. The van der Waals surface area contributed by atoms with Crippen molar-refractivity contribution in [2.75, 3.05) is 13.1 Å². The minimum Gasteiger partial charge on any atom is -0.316 e. The van der Waals surface area contributed by atoms with Crippen molar-refractivity contribution in [3.63, 3.8) is 0 Å². The van der Waals surface area contributed by atoms with E-state index >= 15 is 0 Å². The molecule has 1 fully saturated rings. The molecule has 0 spiro atoms. The van der Waals surface area contributed by atoms with Crippen LogP contribution in [0.1, 0.15) is 19.3 Å². The Morgan fingerprint density at radius 2 is 2.23 bits per heavy atom. The Labute approximate surface area is 81.2 Å². The predicted octanol–water partition coefficient (Wildman–Crippen LogP) is 2.67. The van der Waals surface area contributed by atoms with Crippen LogP contribution in [0.4, 0.5) is 0 Å². The lowest BCUT2D eigenvalue weighted by atomic mass is 9.96. The second kappa shape index (κ2) is 6.67. The molecule has 1 atom stereocenters. The van der Waals surface area contributed by atoms with Gasteiger partial charge in [0.1, 0.15) is 0 Å². The van der Waals surface area contributed by atoms with Crippen molar-refractivity contribution in [2.45, 2.75) is 19.3 Å². The van der Waals surface area contributed by atoms with Crippen LogP contribution in [-0.2, 0) is 0 Å². The van der Waals surface area contributed by atoms with Crippen LogP contribution >= 0.6 is 0 Å². The Morgan fingerprint density at radius 3 is 2.92 bits per heavy atom. The van der Waals surface area contributed by atoms with Gasteiger partial charge in [0.25, 0.3) is 0 Å². The van der Waals surface area contributed by atoms with E-state index in [-0.39, 0.29) is 0 Å². The van der Waals surface area contributed by atoms with E-state index in [4.69, 9.17) is 0 Å². The minimum absolute atomic E-state index is 0.849. The maximum absolute atomic E-state index is 3.62. The summed E-state index contributed by atoms with van der Waals surface area (Å²) in [6, 6.07) is 0. The van der Waals surface area contributed by atoms with E-state index in [0.29, 0.717) is 0 Å². The third-order valence-corrected chi connectivity index (χ3v) is 2.36. The van der Waals surface area contributed by atoms with Gasteiger partial charge in [-0.3, -0.25) is 0 Å². The van der Waals surface area contributed by atoms with Gasteiger partial charge in [-0.2, -0.15) is 0 Å². The van der Waals surface area contributed by atoms with E-state index in [2.05, 4.69) is 24.0 Å². The maximum Gasteiger partial charge on any atom is -0.00175 e. The number of allylic oxidation sites excluding steroid dienone is 5. The average molecular weight is 177 g/mol. The molecule has 1 saturated heterocycles. The quantitative estimate of drug-likeness (QED) is 0.651. The molecule has 0 bridgehead atoms. The summed E-state index contributed by atoms with van der Waals surface area (Å²) in [5, 5.41) is 3.42. The summed E-state index contributed by atoms with van der Waals surface area (Å²) in [4.78, 5) is 0. The molecule has 1 heterocycles. The van der Waals surface area contributed by atoms with Crippen LogP contribution in [0.2, 0.25) is 0 Å². The first kappa shape index (κ1) is 10.3. The fraction of sp³-hybridized carbons (Fsp3) is 0.500. The number of hydrogen-bond acceptors (Lipinski definition) is 1. The van der Waals surface area contributed by atoms with Crippen LogP contribution in [0.5, 0.6) is 0 Å². The van der Waals surface area contributed by atoms with Gasteiger partial charge in [-0.25, -0.2) is 0 Å². The molecular formula is C12H19N. The minimum atomic E-state index is 0.849. The summed E-state index contributed by atoms with van der Waals surface area (Å²) in [6.07, 6.45) is 14.1. The van der Waals surface area contributed by atoms with E-state index in [9.17, 15) is 0 Å². The van der Waals surface area contributed by atoms with E-state index in [0.717, 1.165) is 5.92 Å². The van der Waals surface area contributed by atoms with E-state index in [1.807, 2.05) is 12.2 Å². The fourth-order valence-electron chi connectivity index (χ4n) is 1.62. The number of hydrogen-bond donors (Lipinski definition) is 1. The zero-order valence-electron chi connectivity index (χ0n) is 8.21. The first-order valence-electron chi connectivity index (χ1n) is 5.08. The summed E-state index contributed by atoms with van der Waals surface area (Å²) in [5.74, 6) is 0.849. The Balaban J connectivity index is 2.13. The number of nitrogens with one attached hydrogen (secondary N) is 1. The fourth-order valence-corrected chi connectivity index (χ4v) is 1.62. The molecule has 0 radical (unpaired) electrons. The molecule has 0 aliphatic carbocycles. The van der Waals surface area contributed by atoms with Gasteiger partial charge in [-0.15, -0.1) is 0 Å². The van der Waals surface area contributed by atoms with Gasteiger partial charge in [0.2, 0.25) is 0 Å². The Bertz CT molecular complexity index is 185. The Hall–Kier alpha value is -0.820. The molecule has 13 heavy (non-hydrogen) atoms. The molecule has 0 saturated carbocycles. The molecule has 1 N–H and O–H groups in total. The lowest BCUT2D eigenvalue weighted by Gasteiger charge is -2.20. The Kier molecular flexibility index (Phi) is 5.27. The van der Waals surface area contributed by atoms with Gasteiger partial charge in [0.05, 0.1) is 0 Å². The van der Waals surface area contributed by atoms with Gasteiger partial charge in [-0.1, -0.05) is 37.0 Å². The maximum atomic E-state index is 3.62. The third-order valence-electron chi connectivity index (χ3n) is 2.36. The highest BCUT2D eigenvalue weighted by molar-refractivity contribution is 5.08. The van der Waals surface area contributed by atoms with Crippen LogP contribution in [0.3, 0.4) is 0 Å². The van der Waals surface area contributed by atoms with Crippen molar-refractivity contribution in [2.24, 2.45) is 5.92 Å². The monoisotopic (exact) mass is 177 g/mol. The first-order valence-corrected chi connectivity index (χ1v) is 5.08. The van der Waals surface area contributed by atoms with Gasteiger partial charge >= 0.3 is 0 Å². The van der Waals surface area contributed by atoms with Crippen molar-refractivity contribution < 1.29 is 0 Å². The van der Waals surface area contributed by atoms with Crippen LogP contribution in [-0.4, -0.2) is 13.1 Å². The SMILES string of the molecule is C=C/C=C\C=C/CC1CCCNC1. The lowest BCUT2D eigenvalue weighted by molar-refractivity contribution is 0.381. The predicted molar refractivity (Wildman–Crippen MR) is 58.7 cm³/mol. The summed E-state index contributed by atoms with van der Waals surface area (Å²) in [6.45, 7) is 6.01. The van der Waals surface area contributed by atoms with Gasteiger partial charge < -0.3 is 5.32 Å². The second-order valence-electron chi connectivity index (χ2n) is 3.50. The lowest BCUT2D eigenvalue weighted by Crippen LogP contribution is -2.29. The third kappa shape index (κ3) is 4.69. The topological polar surface area (TPSA) is 12.0 Å². The van der Waals surface area contributed by atoms with Crippen molar-refractivity contribution in [3.8, 4) is 0 Å². The highest BCUT2D eigenvalue weighted by atomic mass is 14.9. The molecule has 0 aromatic heterocycles. The molecule has 72 valence electrons. The van der Waals surface area contributed by atoms with Gasteiger partial charge in [-0.05, 0) is 38.3 Å². The van der Waals surface area contributed by atoms with Crippen LogP contribution in [0.15, 0.2) is 37.0 Å². The zero-order valence-corrected chi connectivity index (χ0v) is 8.21. The van der Waals surface area contributed by atoms with E-state index < -0.39 is 0 Å².